The van der Waals surface area contributed by atoms with Crippen LogP contribution in [0, 0.1) is 13.8 Å². The van der Waals surface area contributed by atoms with Gasteiger partial charge >= 0.3 is 0 Å². The Morgan fingerprint density at radius 2 is 2.11 bits per heavy atom. The van der Waals surface area contributed by atoms with E-state index >= 15 is 0 Å². The Balaban J connectivity index is 2.26. The van der Waals surface area contributed by atoms with Gasteiger partial charge in [-0.1, -0.05) is 30.7 Å². The lowest BCUT2D eigenvalue weighted by Gasteiger charge is -2.12. The van der Waals surface area contributed by atoms with Crippen molar-refractivity contribution in [1.29, 1.82) is 0 Å². The summed E-state index contributed by atoms with van der Waals surface area (Å²) in [5.41, 5.74) is 4.14. The molecule has 2 aromatic rings. The van der Waals surface area contributed by atoms with E-state index < -0.39 is 6.10 Å². The zero-order valence-electron chi connectivity index (χ0n) is 11.2. The molecule has 1 N–H and O–H groups in total. The number of hydrogen-bond donors (Lipinski definition) is 1. The van der Waals surface area contributed by atoms with Crippen molar-refractivity contribution in [2.45, 2.75) is 39.8 Å². The van der Waals surface area contributed by atoms with Crippen molar-refractivity contribution in [1.82, 2.24) is 9.78 Å². The van der Waals surface area contributed by atoms with Gasteiger partial charge in [0.05, 0.1) is 6.20 Å². The van der Waals surface area contributed by atoms with E-state index in [1.807, 2.05) is 29.9 Å². The third kappa shape index (κ3) is 2.62. The molecule has 0 saturated carbocycles. The highest BCUT2D eigenvalue weighted by atomic mass is 16.3. The maximum Gasteiger partial charge on any atom is 0.107 e. The molecule has 0 aliphatic carbocycles. The van der Waals surface area contributed by atoms with E-state index in [-0.39, 0.29) is 0 Å². The van der Waals surface area contributed by atoms with Crippen LogP contribution in [0.2, 0.25) is 0 Å². The van der Waals surface area contributed by atoms with Gasteiger partial charge in [-0.15, -0.1) is 0 Å². The molecule has 1 heterocycles. The number of benzene rings is 1. The van der Waals surface area contributed by atoms with Gasteiger partial charge in [0, 0.05) is 18.3 Å². The zero-order valence-corrected chi connectivity index (χ0v) is 11.2. The molecule has 0 aliphatic rings. The Kier molecular flexibility index (Phi) is 3.82. The Hall–Kier alpha value is -1.61. The lowest BCUT2D eigenvalue weighted by molar-refractivity contribution is 0.219. The van der Waals surface area contributed by atoms with Gasteiger partial charge in [-0.2, -0.15) is 5.10 Å². The van der Waals surface area contributed by atoms with Crippen LogP contribution in [0.1, 0.15) is 41.7 Å². The van der Waals surface area contributed by atoms with E-state index in [1.54, 1.807) is 6.20 Å². The second-order valence-electron chi connectivity index (χ2n) is 4.80. The highest BCUT2D eigenvalue weighted by Gasteiger charge is 2.14. The van der Waals surface area contributed by atoms with Crippen LogP contribution in [-0.2, 0) is 6.54 Å². The Morgan fingerprint density at radius 1 is 1.33 bits per heavy atom. The largest absolute Gasteiger partial charge is 0.384 e. The molecule has 0 amide bonds. The summed E-state index contributed by atoms with van der Waals surface area (Å²) in [6, 6.07) is 6.11. The number of nitrogens with zero attached hydrogens (tertiary/aromatic N) is 2. The van der Waals surface area contributed by atoms with Gasteiger partial charge in [0.1, 0.15) is 6.10 Å². The predicted octanol–water partition coefficient (Wildman–Crippen LogP) is 2.99. The van der Waals surface area contributed by atoms with Gasteiger partial charge in [-0.05, 0) is 31.4 Å². The first-order valence-corrected chi connectivity index (χ1v) is 6.39. The fraction of sp³-hybridized carbons (Fsp3) is 0.400. The van der Waals surface area contributed by atoms with Crippen LogP contribution in [0.4, 0.5) is 0 Å². The summed E-state index contributed by atoms with van der Waals surface area (Å²) in [5, 5.41) is 14.6. The molecule has 1 atom stereocenters. The van der Waals surface area contributed by atoms with Gasteiger partial charge < -0.3 is 5.11 Å². The molecule has 0 saturated heterocycles. The standard InChI is InChI=1S/C15H20N2O/c1-4-7-17-10-13(9-16-17)15(18)14-6-5-11(2)8-12(14)3/h5-6,8-10,15,18H,4,7H2,1-3H3. The van der Waals surface area contributed by atoms with E-state index in [0.29, 0.717) is 0 Å². The van der Waals surface area contributed by atoms with Crippen molar-refractivity contribution < 1.29 is 5.11 Å². The smallest absolute Gasteiger partial charge is 0.107 e. The molecular weight excluding hydrogens is 224 g/mol. The SMILES string of the molecule is CCCn1cc(C(O)c2ccc(C)cc2C)cn1. The van der Waals surface area contributed by atoms with Crippen molar-refractivity contribution in [2.75, 3.05) is 0 Å². The molecule has 18 heavy (non-hydrogen) atoms. The molecule has 3 heteroatoms. The number of hydrogen-bond acceptors (Lipinski definition) is 2. The monoisotopic (exact) mass is 244 g/mol. The summed E-state index contributed by atoms with van der Waals surface area (Å²) < 4.78 is 1.88. The summed E-state index contributed by atoms with van der Waals surface area (Å²) in [7, 11) is 0. The molecule has 0 aliphatic heterocycles. The summed E-state index contributed by atoms with van der Waals surface area (Å²) in [4.78, 5) is 0. The first kappa shape index (κ1) is 12.8. The molecule has 1 unspecified atom stereocenters. The third-order valence-electron chi connectivity index (χ3n) is 3.14. The molecule has 0 fully saturated rings. The van der Waals surface area contributed by atoms with E-state index in [0.717, 1.165) is 29.7 Å². The van der Waals surface area contributed by atoms with Crippen molar-refractivity contribution in [3.8, 4) is 0 Å². The van der Waals surface area contributed by atoms with Crippen LogP contribution in [0.3, 0.4) is 0 Å². The number of aliphatic hydroxyl groups is 1. The van der Waals surface area contributed by atoms with E-state index in [9.17, 15) is 5.11 Å². The molecule has 0 spiro atoms. The fourth-order valence-corrected chi connectivity index (χ4v) is 2.18. The molecule has 2 rings (SSSR count). The molecular formula is C15H20N2O. The molecule has 0 bridgehead atoms. The van der Waals surface area contributed by atoms with Crippen LogP contribution < -0.4 is 0 Å². The summed E-state index contributed by atoms with van der Waals surface area (Å²) >= 11 is 0. The minimum Gasteiger partial charge on any atom is -0.384 e. The molecule has 96 valence electrons. The van der Waals surface area contributed by atoms with Crippen LogP contribution in [0.25, 0.3) is 0 Å². The van der Waals surface area contributed by atoms with Crippen molar-refractivity contribution in [3.05, 3.63) is 52.8 Å². The van der Waals surface area contributed by atoms with Crippen LogP contribution in [0.5, 0.6) is 0 Å². The van der Waals surface area contributed by atoms with Crippen LogP contribution in [-0.4, -0.2) is 14.9 Å². The number of rotatable bonds is 4. The second-order valence-corrected chi connectivity index (χ2v) is 4.80. The molecule has 0 radical (unpaired) electrons. The molecule has 3 nitrogen and oxygen atoms in total. The maximum absolute atomic E-state index is 10.4. The van der Waals surface area contributed by atoms with E-state index in [2.05, 4.69) is 25.0 Å². The van der Waals surface area contributed by atoms with Crippen molar-refractivity contribution >= 4 is 0 Å². The van der Waals surface area contributed by atoms with Gasteiger partial charge in [-0.3, -0.25) is 4.68 Å². The normalized spacial score (nSPS) is 12.7. The van der Waals surface area contributed by atoms with Gasteiger partial charge in [-0.25, -0.2) is 0 Å². The van der Waals surface area contributed by atoms with Gasteiger partial charge in [0.15, 0.2) is 0 Å². The second kappa shape index (κ2) is 5.36. The molecule has 1 aromatic heterocycles. The van der Waals surface area contributed by atoms with Crippen LogP contribution in [0.15, 0.2) is 30.6 Å². The lowest BCUT2D eigenvalue weighted by atomic mass is 9.98. The lowest BCUT2D eigenvalue weighted by Crippen LogP contribution is -2.01. The average molecular weight is 244 g/mol. The Bertz CT molecular complexity index is 531. The minimum absolute atomic E-state index is 0.587. The first-order valence-electron chi connectivity index (χ1n) is 6.39. The summed E-state index contributed by atoms with van der Waals surface area (Å²) in [6.45, 7) is 7.09. The zero-order chi connectivity index (χ0) is 13.1. The highest BCUT2D eigenvalue weighted by molar-refractivity contribution is 5.36. The van der Waals surface area contributed by atoms with Crippen LogP contribution >= 0.6 is 0 Å². The van der Waals surface area contributed by atoms with Crippen molar-refractivity contribution in [2.24, 2.45) is 0 Å². The van der Waals surface area contributed by atoms with Crippen molar-refractivity contribution in [3.63, 3.8) is 0 Å². The Labute approximate surface area is 108 Å². The average Bonchev–Trinajstić information content (AvgIpc) is 2.77. The maximum atomic E-state index is 10.4. The fourth-order valence-electron chi connectivity index (χ4n) is 2.18. The number of aliphatic hydroxyl groups excluding tert-OH is 1. The van der Waals surface area contributed by atoms with Gasteiger partial charge in [0.2, 0.25) is 0 Å². The summed E-state index contributed by atoms with van der Waals surface area (Å²) in [5.74, 6) is 0. The number of aryl methyl sites for hydroxylation is 3. The quantitative estimate of drug-likeness (QED) is 0.897. The highest BCUT2D eigenvalue weighted by Crippen LogP contribution is 2.25. The van der Waals surface area contributed by atoms with Gasteiger partial charge in [0.25, 0.3) is 0 Å². The summed E-state index contributed by atoms with van der Waals surface area (Å²) in [6.07, 6.45) is 4.13. The Morgan fingerprint density at radius 3 is 2.78 bits per heavy atom. The van der Waals surface area contributed by atoms with E-state index in [4.69, 9.17) is 0 Å². The minimum atomic E-state index is -0.587. The predicted molar refractivity (Wildman–Crippen MR) is 72.5 cm³/mol. The van der Waals surface area contributed by atoms with E-state index in [1.165, 1.54) is 5.56 Å². The topological polar surface area (TPSA) is 38.0 Å². The first-order chi connectivity index (χ1) is 8.61. The number of aromatic nitrogens is 2. The third-order valence-corrected chi connectivity index (χ3v) is 3.14. The molecule has 1 aromatic carbocycles.